The van der Waals surface area contributed by atoms with Crippen LogP contribution in [0.3, 0.4) is 0 Å². The molecule has 1 fully saturated rings. The first-order valence-electron chi connectivity index (χ1n) is 6.61. The number of carbonyl (C=O) groups is 2. The van der Waals surface area contributed by atoms with Crippen LogP contribution in [-0.4, -0.2) is 35.0 Å². The number of carboxylic acid groups (broad SMARTS) is 1. The number of benzene rings is 1. The molecule has 1 aliphatic heterocycles. The van der Waals surface area contributed by atoms with Gasteiger partial charge in [-0.2, -0.15) is 5.26 Å². The fourth-order valence-electron chi connectivity index (χ4n) is 3.29. The minimum Gasteiger partial charge on any atom is -0.465 e. The van der Waals surface area contributed by atoms with E-state index in [2.05, 4.69) is 6.07 Å². The summed E-state index contributed by atoms with van der Waals surface area (Å²) in [6.07, 6.45) is 0.836. The Kier molecular flexibility index (Phi) is 2.75. The Bertz CT molecular complexity index is 637. The van der Waals surface area contributed by atoms with Gasteiger partial charge in [-0.25, -0.2) is 4.79 Å². The molecule has 5 nitrogen and oxygen atoms in total. The molecule has 1 spiro atoms. The maximum atomic E-state index is 12.6. The maximum Gasteiger partial charge on any atom is 0.407 e. The second kappa shape index (κ2) is 4.34. The van der Waals surface area contributed by atoms with Crippen molar-refractivity contribution in [1.82, 2.24) is 4.90 Å². The lowest BCUT2D eigenvalue weighted by molar-refractivity contribution is 0.0621. The van der Waals surface area contributed by atoms with Crippen molar-refractivity contribution in [1.29, 1.82) is 5.26 Å². The van der Waals surface area contributed by atoms with E-state index >= 15 is 0 Å². The van der Waals surface area contributed by atoms with Gasteiger partial charge >= 0.3 is 6.09 Å². The summed E-state index contributed by atoms with van der Waals surface area (Å²) >= 11 is 0. The van der Waals surface area contributed by atoms with E-state index in [1.54, 1.807) is 18.2 Å². The number of fused-ring (bicyclic) bond motifs is 1. The summed E-state index contributed by atoms with van der Waals surface area (Å²) in [5, 5.41) is 17.9. The molecular weight excluding hydrogens is 256 g/mol. The van der Waals surface area contributed by atoms with Gasteiger partial charge in [0.05, 0.1) is 11.6 Å². The summed E-state index contributed by atoms with van der Waals surface area (Å²) in [5.74, 6) is 0.113. The van der Waals surface area contributed by atoms with Crippen molar-refractivity contribution < 1.29 is 14.7 Å². The van der Waals surface area contributed by atoms with Crippen LogP contribution in [0.4, 0.5) is 4.79 Å². The van der Waals surface area contributed by atoms with Gasteiger partial charge < -0.3 is 10.0 Å². The summed E-state index contributed by atoms with van der Waals surface area (Å²) in [5.41, 5.74) is 1.74. The summed E-state index contributed by atoms with van der Waals surface area (Å²) in [4.78, 5) is 24.9. The van der Waals surface area contributed by atoms with Gasteiger partial charge in [-0.05, 0) is 43.0 Å². The summed E-state index contributed by atoms with van der Waals surface area (Å²) in [6.45, 7) is 0.806. The molecule has 0 bridgehead atoms. The molecule has 102 valence electrons. The predicted octanol–water partition coefficient (Wildman–Crippen LogP) is 2.06. The zero-order valence-electron chi connectivity index (χ0n) is 10.9. The van der Waals surface area contributed by atoms with E-state index < -0.39 is 11.5 Å². The molecule has 0 unspecified atom stereocenters. The fourth-order valence-corrected chi connectivity index (χ4v) is 3.29. The van der Waals surface area contributed by atoms with E-state index in [0.717, 1.165) is 5.56 Å². The van der Waals surface area contributed by atoms with Crippen LogP contribution in [0.1, 0.15) is 34.3 Å². The van der Waals surface area contributed by atoms with Crippen molar-refractivity contribution in [2.45, 2.75) is 19.3 Å². The number of nitriles is 1. The Labute approximate surface area is 116 Å². The van der Waals surface area contributed by atoms with Gasteiger partial charge in [0.25, 0.3) is 0 Å². The molecular formula is C15H14N2O3. The van der Waals surface area contributed by atoms with Gasteiger partial charge in [-0.1, -0.05) is 0 Å². The Morgan fingerprint density at radius 2 is 2.05 bits per heavy atom. The lowest BCUT2D eigenvalue weighted by Gasteiger charge is -2.36. The van der Waals surface area contributed by atoms with Crippen LogP contribution in [0.15, 0.2) is 18.2 Å². The number of hydrogen-bond acceptors (Lipinski definition) is 3. The van der Waals surface area contributed by atoms with Crippen molar-refractivity contribution in [2.24, 2.45) is 5.41 Å². The molecule has 5 heteroatoms. The van der Waals surface area contributed by atoms with E-state index in [-0.39, 0.29) is 5.78 Å². The van der Waals surface area contributed by atoms with Crippen LogP contribution in [0.5, 0.6) is 0 Å². The SMILES string of the molecule is N#Cc1ccc2c(c1)CC1(CCN(C(=O)O)CC1)C2=O. The number of carbonyl (C=O) groups excluding carboxylic acids is 1. The van der Waals surface area contributed by atoms with E-state index in [0.29, 0.717) is 43.5 Å². The standard InChI is InChI=1S/C15H14N2O3/c16-9-10-1-2-12-11(7-10)8-15(13(12)18)3-5-17(6-4-15)14(19)20/h1-2,7H,3-6,8H2,(H,19,20). The summed E-state index contributed by atoms with van der Waals surface area (Å²) < 4.78 is 0. The normalized spacial score (nSPS) is 19.8. The van der Waals surface area contributed by atoms with Crippen LogP contribution in [0.2, 0.25) is 0 Å². The molecule has 1 heterocycles. The van der Waals surface area contributed by atoms with Crippen molar-refractivity contribution >= 4 is 11.9 Å². The Morgan fingerprint density at radius 1 is 1.35 bits per heavy atom. The molecule has 1 N–H and O–H groups in total. The van der Waals surface area contributed by atoms with Crippen molar-refractivity contribution in [3.63, 3.8) is 0 Å². The molecule has 1 amide bonds. The number of Topliss-reactive ketones (excluding diaryl/α,β-unsaturated/α-hetero) is 1. The Hall–Kier alpha value is -2.35. The third-order valence-corrected chi connectivity index (χ3v) is 4.48. The van der Waals surface area contributed by atoms with Crippen LogP contribution < -0.4 is 0 Å². The fraction of sp³-hybridized carbons (Fsp3) is 0.400. The van der Waals surface area contributed by atoms with E-state index in [9.17, 15) is 9.59 Å². The number of piperidine rings is 1. The molecule has 1 aliphatic carbocycles. The van der Waals surface area contributed by atoms with Crippen molar-refractivity contribution in [3.8, 4) is 6.07 Å². The van der Waals surface area contributed by atoms with E-state index in [1.807, 2.05) is 0 Å². The molecule has 3 rings (SSSR count). The number of nitrogens with zero attached hydrogens (tertiary/aromatic N) is 2. The van der Waals surface area contributed by atoms with Gasteiger partial charge in [0.2, 0.25) is 0 Å². The van der Waals surface area contributed by atoms with Crippen LogP contribution in [0, 0.1) is 16.7 Å². The highest BCUT2D eigenvalue weighted by atomic mass is 16.4. The average molecular weight is 270 g/mol. The second-order valence-corrected chi connectivity index (χ2v) is 5.54. The third-order valence-electron chi connectivity index (χ3n) is 4.48. The summed E-state index contributed by atoms with van der Waals surface area (Å²) in [7, 11) is 0. The molecule has 1 aromatic rings. The zero-order valence-corrected chi connectivity index (χ0v) is 10.9. The highest BCUT2D eigenvalue weighted by Gasteiger charge is 2.47. The minimum atomic E-state index is -0.922. The highest BCUT2D eigenvalue weighted by Crippen LogP contribution is 2.44. The van der Waals surface area contributed by atoms with Gasteiger partial charge in [-0.3, -0.25) is 4.79 Å². The van der Waals surface area contributed by atoms with Crippen LogP contribution >= 0.6 is 0 Å². The molecule has 1 saturated heterocycles. The quantitative estimate of drug-likeness (QED) is 0.782. The lowest BCUT2D eigenvalue weighted by atomic mass is 9.75. The van der Waals surface area contributed by atoms with Crippen LogP contribution in [0.25, 0.3) is 0 Å². The topological polar surface area (TPSA) is 81.4 Å². The van der Waals surface area contributed by atoms with Crippen molar-refractivity contribution in [2.75, 3.05) is 13.1 Å². The second-order valence-electron chi connectivity index (χ2n) is 5.54. The van der Waals surface area contributed by atoms with E-state index in [1.165, 1.54) is 4.90 Å². The number of ketones is 1. The first-order valence-corrected chi connectivity index (χ1v) is 6.61. The zero-order chi connectivity index (χ0) is 14.3. The number of amides is 1. The largest absolute Gasteiger partial charge is 0.465 e. The third kappa shape index (κ3) is 1.76. The highest BCUT2D eigenvalue weighted by molar-refractivity contribution is 6.05. The molecule has 0 atom stereocenters. The average Bonchev–Trinajstić information content (AvgIpc) is 2.71. The van der Waals surface area contributed by atoms with Gasteiger partial charge in [0, 0.05) is 24.1 Å². The monoisotopic (exact) mass is 270 g/mol. The maximum absolute atomic E-state index is 12.6. The Balaban J connectivity index is 1.87. The number of likely N-dealkylation sites (tertiary alicyclic amines) is 1. The van der Waals surface area contributed by atoms with Gasteiger partial charge in [0.15, 0.2) is 5.78 Å². The first kappa shape index (κ1) is 12.7. The molecule has 20 heavy (non-hydrogen) atoms. The van der Waals surface area contributed by atoms with E-state index in [4.69, 9.17) is 10.4 Å². The minimum absolute atomic E-state index is 0.113. The first-order chi connectivity index (χ1) is 9.55. The van der Waals surface area contributed by atoms with Gasteiger partial charge in [-0.15, -0.1) is 0 Å². The summed E-state index contributed by atoms with van der Waals surface area (Å²) in [6, 6.07) is 7.27. The smallest absolute Gasteiger partial charge is 0.407 e. The Morgan fingerprint density at radius 3 is 2.65 bits per heavy atom. The molecule has 0 radical (unpaired) electrons. The number of rotatable bonds is 0. The lowest BCUT2D eigenvalue weighted by Crippen LogP contribution is -2.45. The van der Waals surface area contributed by atoms with Crippen molar-refractivity contribution in [3.05, 3.63) is 34.9 Å². The number of hydrogen-bond donors (Lipinski definition) is 1. The molecule has 0 saturated carbocycles. The molecule has 1 aromatic carbocycles. The predicted molar refractivity (Wildman–Crippen MR) is 70.5 cm³/mol. The molecule has 2 aliphatic rings. The van der Waals surface area contributed by atoms with Gasteiger partial charge in [0.1, 0.15) is 0 Å². The van der Waals surface area contributed by atoms with Crippen LogP contribution in [-0.2, 0) is 6.42 Å². The molecule has 0 aromatic heterocycles.